The van der Waals surface area contributed by atoms with Crippen molar-refractivity contribution in [2.24, 2.45) is 0 Å². The van der Waals surface area contributed by atoms with Gasteiger partial charge in [0, 0.05) is 25.6 Å². The van der Waals surface area contributed by atoms with Gasteiger partial charge in [-0.2, -0.15) is 0 Å². The largest absolute Gasteiger partial charge is 0.453 e. The van der Waals surface area contributed by atoms with Crippen molar-refractivity contribution < 1.29 is 23.8 Å². The number of aliphatic hydroxyl groups is 1. The normalized spacial score (nSPS) is 37.1. The average Bonchev–Trinajstić information content (AvgIpc) is 2.90. The molecule has 1 saturated heterocycles. The van der Waals surface area contributed by atoms with E-state index < -0.39 is 47.4 Å². The zero-order chi connectivity index (χ0) is 15.4. The first-order valence-corrected chi connectivity index (χ1v) is 6.30. The lowest BCUT2D eigenvalue weighted by molar-refractivity contribution is -0.158. The van der Waals surface area contributed by atoms with Crippen molar-refractivity contribution in [2.45, 2.75) is 36.9 Å². The Hall–Kier alpha value is -2.00. The summed E-state index contributed by atoms with van der Waals surface area (Å²) in [7, 11) is 0. The van der Waals surface area contributed by atoms with Gasteiger partial charge in [-0.15, -0.1) is 0 Å². The maximum atomic E-state index is 15.0. The molecule has 2 aliphatic rings. The molecule has 0 bridgehead atoms. The number of H-pyrrole nitrogens is 1. The van der Waals surface area contributed by atoms with E-state index in [4.69, 9.17) is 9.47 Å². The number of fused-ring (bicyclic) bond motifs is 1. The Morgan fingerprint density at radius 2 is 2.38 bits per heavy atom. The fraction of sp³-hybridized carbons (Fsp3) is 0.583. The molecule has 2 fully saturated rings. The molecule has 2 N–H and O–H groups in total. The summed E-state index contributed by atoms with van der Waals surface area (Å²) in [6, 6.07) is 1.05. The molecule has 0 aromatic carbocycles. The Morgan fingerprint density at radius 3 is 2.95 bits per heavy atom. The summed E-state index contributed by atoms with van der Waals surface area (Å²) in [5, 5.41) is 9.31. The molecule has 1 saturated carbocycles. The summed E-state index contributed by atoms with van der Waals surface area (Å²) in [5.41, 5.74) is -5.17. The number of aromatic amines is 1. The lowest BCUT2D eigenvalue weighted by Crippen LogP contribution is -2.37. The minimum atomic E-state index is -2.12. The Labute approximate surface area is 117 Å². The minimum Gasteiger partial charge on any atom is -0.453 e. The number of carbonyl (C=O) groups excluding carboxylic acids is 1. The highest BCUT2D eigenvalue weighted by molar-refractivity contribution is 5.68. The van der Waals surface area contributed by atoms with Crippen LogP contribution in [0.15, 0.2) is 21.9 Å². The van der Waals surface area contributed by atoms with E-state index in [9.17, 15) is 19.5 Å². The smallest absolute Gasteiger partial charge is 0.330 e. The molecule has 0 radical (unpaired) electrons. The van der Waals surface area contributed by atoms with E-state index in [1.165, 1.54) is 0 Å². The Balaban J connectivity index is 2.02. The first kappa shape index (κ1) is 14.0. The van der Waals surface area contributed by atoms with Crippen LogP contribution >= 0.6 is 0 Å². The van der Waals surface area contributed by atoms with Gasteiger partial charge < -0.3 is 14.6 Å². The highest BCUT2D eigenvalue weighted by Gasteiger charge is 2.85. The molecule has 1 aliphatic carbocycles. The number of aromatic nitrogens is 2. The van der Waals surface area contributed by atoms with Crippen LogP contribution in [0.5, 0.6) is 0 Å². The summed E-state index contributed by atoms with van der Waals surface area (Å²) in [6.45, 7) is 0.564. The van der Waals surface area contributed by atoms with Crippen LogP contribution in [0.4, 0.5) is 4.39 Å². The SMILES string of the molecule is CC(=O)O[C@@]12C[C@]1(F)C(n1ccc(=O)[nH]c1=O)O[C@@H]2CO. The summed E-state index contributed by atoms with van der Waals surface area (Å²) in [4.78, 5) is 35.9. The van der Waals surface area contributed by atoms with Crippen molar-refractivity contribution in [3.8, 4) is 0 Å². The van der Waals surface area contributed by atoms with E-state index in [-0.39, 0.29) is 6.42 Å². The first-order chi connectivity index (χ1) is 9.84. The van der Waals surface area contributed by atoms with Gasteiger partial charge in [0.05, 0.1) is 6.61 Å². The number of nitrogens with zero attached hydrogens (tertiary/aromatic N) is 1. The molecular weight excluding hydrogens is 287 g/mol. The number of aliphatic hydroxyl groups excluding tert-OH is 1. The van der Waals surface area contributed by atoms with Gasteiger partial charge in [-0.25, -0.2) is 9.18 Å². The molecule has 1 unspecified atom stereocenters. The van der Waals surface area contributed by atoms with Gasteiger partial charge in [0.1, 0.15) is 6.10 Å². The van der Waals surface area contributed by atoms with Crippen LogP contribution in [-0.4, -0.2) is 44.6 Å². The van der Waals surface area contributed by atoms with Crippen molar-refractivity contribution in [3.05, 3.63) is 33.1 Å². The molecule has 1 aromatic heterocycles. The van der Waals surface area contributed by atoms with Crippen LogP contribution < -0.4 is 11.2 Å². The number of halogens is 1. The molecule has 2 heterocycles. The predicted molar refractivity (Wildman–Crippen MR) is 65.3 cm³/mol. The number of nitrogens with one attached hydrogen (secondary N) is 1. The minimum absolute atomic E-state index is 0.180. The number of carbonyl (C=O) groups is 1. The number of rotatable bonds is 3. The molecule has 4 atom stereocenters. The van der Waals surface area contributed by atoms with Crippen LogP contribution in [0, 0.1) is 0 Å². The second-order valence-electron chi connectivity index (χ2n) is 5.20. The molecular formula is C12H13FN2O6. The second-order valence-corrected chi connectivity index (χ2v) is 5.20. The van der Waals surface area contributed by atoms with Crippen LogP contribution in [0.25, 0.3) is 0 Å². The molecule has 0 spiro atoms. The van der Waals surface area contributed by atoms with Crippen molar-refractivity contribution >= 4 is 5.97 Å². The van der Waals surface area contributed by atoms with Gasteiger partial charge >= 0.3 is 11.7 Å². The third kappa shape index (κ3) is 1.77. The maximum absolute atomic E-state index is 15.0. The zero-order valence-electron chi connectivity index (χ0n) is 11.0. The van der Waals surface area contributed by atoms with Crippen molar-refractivity contribution in [1.82, 2.24) is 9.55 Å². The standard InChI is InChI=1S/C12H13FN2O6/c1-6(17)21-12-5-11(12,13)9(20-7(12)4-16)15-3-2-8(18)14-10(15)19/h2-3,7,9,16H,4-5H2,1H3,(H,14,18,19)/t7-,9?,11+,12-/m1/s1. The van der Waals surface area contributed by atoms with Gasteiger partial charge in [0.25, 0.3) is 5.56 Å². The van der Waals surface area contributed by atoms with Crippen LogP contribution in [0.2, 0.25) is 0 Å². The fourth-order valence-electron chi connectivity index (χ4n) is 2.92. The van der Waals surface area contributed by atoms with E-state index in [0.717, 1.165) is 23.8 Å². The van der Waals surface area contributed by atoms with Crippen LogP contribution in [-0.2, 0) is 14.3 Å². The third-order valence-electron chi connectivity index (χ3n) is 3.90. The highest BCUT2D eigenvalue weighted by atomic mass is 19.1. The molecule has 0 amide bonds. The molecule has 114 valence electrons. The van der Waals surface area contributed by atoms with Crippen molar-refractivity contribution in [1.29, 1.82) is 0 Å². The molecule has 8 nitrogen and oxygen atoms in total. The van der Waals surface area contributed by atoms with Gasteiger partial charge in [-0.3, -0.25) is 19.1 Å². The third-order valence-corrected chi connectivity index (χ3v) is 3.90. The van der Waals surface area contributed by atoms with Gasteiger partial charge in [-0.05, 0) is 0 Å². The Kier molecular flexibility index (Phi) is 2.82. The number of alkyl halides is 1. The average molecular weight is 300 g/mol. The molecule has 1 aromatic rings. The topological polar surface area (TPSA) is 111 Å². The number of hydrogen-bond donors (Lipinski definition) is 2. The first-order valence-electron chi connectivity index (χ1n) is 6.30. The lowest BCUT2D eigenvalue weighted by Gasteiger charge is -2.20. The summed E-state index contributed by atoms with van der Waals surface area (Å²) < 4.78 is 26.2. The van der Waals surface area contributed by atoms with Crippen molar-refractivity contribution in [2.75, 3.05) is 6.61 Å². The van der Waals surface area contributed by atoms with Crippen LogP contribution in [0.1, 0.15) is 19.6 Å². The summed E-state index contributed by atoms with van der Waals surface area (Å²) in [5.74, 6) is -0.703. The highest BCUT2D eigenvalue weighted by Crippen LogP contribution is 2.67. The molecule has 21 heavy (non-hydrogen) atoms. The van der Waals surface area contributed by atoms with Gasteiger partial charge in [0.2, 0.25) is 5.67 Å². The molecule has 9 heteroatoms. The second kappa shape index (κ2) is 4.25. The predicted octanol–water partition coefficient (Wildman–Crippen LogP) is -1.16. The van der Waals surface area contributed by atoms with Gasteiger partial charge in [0.15, 0.2) is 11.8 Å². The monoisotopic (exact) mass is 300 g/mol. The number of esters is 1. The van der Waals surface area contributed by atoms with Crippen LogP contribution in [0.3, 0.4) is 0 Å². The van der Waals surface area contributed by atoms with E-state index >= 15 is 4.39 Å². The summed E-state index contributed by atoms with van der Waals surface area (Å²) in [6.07, 6.45) is -1.53. The number of ether oxygens (including phenoxy) is 2. The van der Waals surface area contributed by atoms with Gasteiger partial charge in [-0.1, -0.05) is 0 Å². The Morgan fingerprint density at radius 1 is 1.67 bits per heavy atom. The molecule has 3 rings (SSSR count). The van der Waals surface area contributed by atoms with E-state index in [0.29, 0.717) is 0 Å². The zero-order valence-corrected chi connectivity index (χ0v) is 11.0. The number of hydrogen-bond acceptors (Lipinski definition) is 6. The Bertz CT molecular complexity index is 714. The fourth-order valence-corrected chi connectivity index (χ4v) is 2.92. The van der Waals surface area contributed by atoms with E-state index in [1.807, 2.05) is 4.98 Å². The quantitative estimate of drug-likeness (QED) is 0.681. The van der Waals surface area contributed by atoms with E-state index in [1.54, 1.807) is 0 Å². The molecule has 1 aliphatic heterocycles. The maximum Gasteiger partial charge on any atom is 0.330 e. The van der Waals surface area contributed by atoms with Crippen molar-refractivity contribution in [3.63, 3.8) is 0 Å². The lowest BCUT2D eigenvalue weighted by atomic mass is 10.1. The van der Waals surface area contributed by atoms with E-state index in [2.05, 4.69) is 0 Å². The summed E-state index contributed by atoms with van der Waals surface area (Å²) >= 11 is 0.